The van der Waals surface area contributed by atoms with Gasteiger partial charge in [-0.25, -0.2) is 0 Å². The standard InChI is InChI=1S/C21H23N3O4S/c1-4-26-16-12-10-15(11-13-16)20-23-24-21(28-20)29-14(3)19(25)22-17-8-6-7-9-18(17)27-5-2/h6-14H,4-5H2,1-3H3,(H,22,25)/t14-/m0/s1. The number of hydrogen-bond acceptors (Lipinski definition) is 7. The lowest BCUT2D eigenvalue weighted by molar-refractivity contribution is -0.115. The van der Waals surface area contributed by atoms with Crippen LogP contribution in [0.3, 0.4) is 0 Å². The molecule has 0 spiro atoms. The van der Waals surface area contributed by atoms with E-state index in [4.69, 9.17) is 13.9 Å². The fourth-order valence-electron chi connectivity index (χ4n) is 2.52. The summed E-state index contributed by atoms with van der Waals surface area (Å²) in [6, 6.07) is 14.7. The van der Waals surface area contributed by atoms with Crippen LogP contribution in [0.2, 0.25) is 0 Å². The molecule has 0 bridgehead atoms. The van der Waals surface area contributed by atoms with Crippen LogP contribution in [0.25, 0.3) is 11.5 Å². The number of carbonyl (C=O) groups is 1. The lowest BCUT2D eigenvalue weighted by atomic mass is 10.2. The number of ether oxygens (including phenoxy) is 2. The van der Waals surface area contributed by atoms with E-state index in [1.54, 1.807) is 13.0 Å². The average molecular weight is 413 g/mol. The van der Waals surface area contributed by atoms with Gasteiger partial charge in [-0.2, -0.15) is 0 Å². The van der Waals surface area contributed by atoms with E-state index in [-0.39, 0.29) is 5.91 Å². The van der Waals surface area contributed by atoms with Gasteiger partial charge in [-0.15, -0.1) is 10.2 Å². The fraction of sp³-hybridized carbons (Fsp3) is 0.286. The zero-order valence-corrected chi connectivity index (χ0v) is 17.4. The minimum Gasteiger partial charge on any atom is -0.494 e. The second-order valence-electron chi connectivity index (χ2n) is 6.01. The molecule has 29 heavy (non-hydrogen) atoms. The Morgan fingerprint density at radius 1 is 1.07 bits per heavy atom. The third-order valence-electron chi connectivity index (χ3n) is 3.91. The molecule has 3 aromatic rings. The van der Waals surface area contributed by atoms with Gasteiger partial charge in [0.2, 0.25) is 11.8 Å². The first-order valence-electron chi connectivity index (χ1n) is 9.36. The van der Waals surface area contributed by atoms with Crippen LogP contribution in [-0.2, 0) is 4.79 Å². The average Bonchev–Trinajstić information content (AvgIpc) is 3.19. The van der Waals surface area contributed by atoms with Gasteiger partial charge in [0.15, 0.2) is 0 Å². The van der Waals surface area contributed by atoms with Crippen molar-refractivity contribution in [3.63, 3.8) is 0 Å². The molecule has 0 aliphatic carbocycles. The highest BCUT2D eigenvalue weighted by Gasteiger charge is 2.20. The van der Waals surface area contributed by atoms with Crippen molar-refractivity contribution < 1.29 is 18.7 Å². The summed E-state index contributed by atoms with van der Waals surface area (Å²) in [5, 5.41) is 10.9. The van der Waals surface area contributed by atoms with Gasteiger partial charge < -0.3 is 19.2 Å². The number of rotatable bonds is 9. The Morgan fingerprint density at radius 2 is 1.79 bits per heavy atom. The summed E-state index contributed by atoms with van der Waals surface area (Å²) in [7, 11) is 0. The molecule has 0 fully saturated rings. The second kappa shape index (κ2) is 9.97. The molecule has 0 aliphatic rings. The molecule has 2 aromatic carbocycles. The van der Waals surface area contributed by atoms with Crippen molar-refractivity contribution in [3.8, 4) is 23.0 Å². The highest BCUT2D eigenvalue weighted by molar-refractivity contribution is 8.00. The van der Waals surface area contributed by atoms with Crippen LogP contribution in [0.5, 0.6) is 11.5 Å². The maximum atomic E-state index is 12.6. The van der Waals surface area contributed by atoms with E-state index in [9.17, 15) is 4.79 Å². The molecule has 0 unspecified atom stereocenters. The number of carbonyl (C=O) groups excluding carboxylic acids is 1. The third-order valence-corrected chi connectivity index (χ3v) is 4.84. The Labute approximate surface area is 173 Å². The number of amides is 1. The van der Waals surface area contributed by atoms with E-state index >= 15 is 0 Å². The Bertz CT molecular complexity index is 943. The van der Waals surface area contributed by atoms with Crippen LogP contribution in [0.15, 0.2) is 58.2 Å². The van der Waals surface area contributed by atoms with Crippen LogP contribution in [0.1, 0.15) is 20.8 Å². The molecule has 1 amide bonds. The normalized spacial score (nSPS) is 11.7. The predicted octanol–water partition coefficient (Wildman–Crippen LogP) is 4.65. The Balaban J connectivity index is 1.62. The van der Waals surface area contributed by atoms with Crippen molar-refractivity contribution in [1.82, 2.24) is 10.2 Å². The van der Waals surface area contributed by atoms with Gasteiger partial charge in [-0.1, -0.05) is 23.9 Å². The van der Waals surface area contributed by atoms with Crippen molar-refractivity contribution in [2.75, 3.05) is 18.5 Å². The monoisotopic (exact) mass is 413 g/mol. The first kappa shape index (κ1) is 20.7. The quantitative estimate of drug-likeness (QED) is 0.511. The molecule has 3 rings (SSSR count). The van der Waals surface area contributed by atoms with Crippen LogP contribution >= 0.6 is 11.8 Å². The zero-order valence-electron chi connectivity index (χ0n) is 16.5. The largest absolute Gasteiger partial charge is 0.494 e. The Morgan fingerprint density at radius 3 is 2.52 bits per heavy atom. The van der Waals surface area contributed by atoms with Gasteiger partial charge >= 0.3 is 0 Å². The first-order chi connectivity index (χ1) is 14.1. The van der Waals surface area contributed by atoms with Crippen molar-refractivity contribution in [1.29, 1.82) is 0 Å². The van der Waals surface area contributed by atoms with E-state index in [1.165, 1.54) is 11.8 Å². The maximum Gasteiger partial charge on any atom is 0.277 e. The summed E-state index contributed by atoms with van der Waals surface area (Å²) in [5.41, 5.74) is 1.42. The molecule has 7 nitrogen and oxygen atoms in total. The van der Waals surface area contributed by atoms with Crippen molar-refractivity contribution >= 4 is 23.4 Å². The Hall–Kier alpha value is -3.00. The van der Waals surface area contributed by atoms with Gasteiger partial charge in [0.05, 0.1) is 24.2 Å². The first-order valence-corrected chi connectivity index (χ1v) is 10.2. The summed E-state index contributed by atoms with van der Waals surface area (Å²) in [4.78, 5) is 12.6. The van der Waals surface area contributed by atoms with Crippen LogP contribution in [0.4, 0.5) is 5.69 Å². The molecule has 152 valence electrons. The van der Waals surface area contributed by atoms with E-state index in [0.29, 0.717) is 35.8 Å². The van der Waals surface area contributed by atoms with Gasteiger partial charge in [0.1, 0.15) is 11.5 Å². The molecule has 0 aliphatic heterocycles. The fourth-order valence-corrected chi connectivity index (χ4v) is 3.21. The molecule has 8 heteroatoms. The molecule has 0 saturated carbocycles. The summed E-state index contributed by atoms with van der Waals surface area (Å²) >= 11 is 1.20. The summed E-state index contributed by atoms with van der Waals surface area (Å²) in [5.74, 6) is 1.63. The topological polar surface area (TPSA) is 86.5 Å². The number of anilines is 1. The highest BCUT2D eigenvalue weighted by Crippen LogP contribution is 2.29. The van der Waals surface area contributed by atoms with Gasteiger partial charge in [-0.3, -0.25) is 4.79 Å². The lowest BCUT2D eigenvalue weighted by Crippen LogP contribution is -2.22. The van der Waals surface area contributed by atoms with E-state index in [2.05, 4.69) is 15.5 Å². The number of aromatic nitrogens is 2. The minimum absolute atomic E-state index is 0.178. The molecule has 1 aromatic heterocycles. The number of para-hydroxylation sites is 2. The van der Waals surface area contributed by atoms with Crippen molar-refractivity contribution in [3.05, 3.63) is 48.5 Å². The van der Waals surface area contributed by atoms with Crippen molar-refractivity contribution in [2.45, 2.75) is 31.2 Å². The number of benzene rings is 2. The summed E-state index contributed by atoms with van der Waals surface area (Å²) < 4.78 is 16.7. The third kappa shape index (κ3) is 5.51. The van der Waals surface area contributed by atoms with E-state index in [1.807, 2.05) is 56.3 Å². The lowest BCUT2D eigenvalue weighted by Gasteiger charge is -2.13. The van der Waals surface area contributed by atoms with Crippen LogP contribution in [0, 0.1) is 0 Å². The molecule has 1 atom stereocenters. The van der Waals surface area contributed by atoms with Crippen LogP contribution in [-0.4, -0.2) is 34.6 Å². The molecule has 0 saturated heterocycles. The molecular weight excluding hydrogens is 390 g/mol. The molecular formula is C21H23N3O4S. The molecule has 0 radical (unpaired) electrons. The van der Waals surface area contributed by atoms with E-state index < -0.39 is 5.25 Å². The summed E-state index contributed by atoms with van der Waals surface area (Å²) in [6.07, 6.45) is 0. The highest BCUT2D eigenvalue weighted by atomic mass is 32.2. The minimum atomic E-state index is -0.432. The summed E-state index contributed by atoms with van der Waals surface area (Å²) in [6.45, 7) is 6.74. The maximum absolute atomic E-state index is 12.6. The van der Waals surface area contributed by atoms with E-state index in [0.717, 1.165) is 11.3 Å². The van der Waals surface area contributed by atoms with Crippen molar-refractivity contribution in [2.24, 2.45) is 0 Å². The number of thioether (sulfide) groups is 1. The van der Waals surface area contributed by atoms with Gasteiger partial charge in [0, 0.05) is 5.56 Å². The van der Waals surface area contributed by atoms with Crippen LogP contribution < -0.4 is 14.8 Å². The number of nitrogens with zero attached hydrogens (tertiary/aromatic N) is 2. The number of hydrogen-bond donors (Lipinski definition) is 1. The second-order valence-corrected chi connectivity index (χ2v) is 7.30. The predicted molar refractivity (Wildman–Crippen MR) is 112 cm³/mol. The molecule has 1 N–H and O–H groups in total. The van der Waals surface area contributed by atoms with Gasteiger partial charge in [0.25, 0.3) is 5.22 Å². The zero-order chi connectivity index (χ0) is 20.6. The SMILES string of the molecule is CCOc1ccc(-c2nnc(S[C@@H](C)C(=O)Nc3ccccc3OCC)o2)cc1. The smallest absolute Gasteiger partial charge is 0.277 e. The molecule has 1 heterocycles. The Kier molecular flexibility index (Phi) is 7.13. The van der Waals surface area contributed by atoms with Gasteiger partial charge in [-0.05, 0) is 57.2 Å². The number of nitrogens with one attached hydrogen (secondary N) is 1.